The summed E-state index contributed by atoms with van der Waals surface area (Å²) in [6.07, 6.45) is 2.00. The number of benzene rings is 1. The molecule has 1 saturated heterocycles. The maximum atomic E-state index is 14.3. The topological polar surface area (TPSA) is 76.8 Å². The van der Waals surface area contributed by atoms with Gasteiger partial charge < -0.3 is 24.4 Å². The van der Waals surface area contributed by atoms with Crippen molar-refractivity contribution in [2.24, 2.45) is 0 Å². The van der Waals surface area contributed by atoms with Crippen LogP contribution in [0.15, 0.2) is 10.6 Å². The Morgan fingerprint density at radius 3 is 2.62 bits per heavy atom. The van der Waals surface area contributed by atoms with E-state index in [-0.39, 0.29) is 23.0 Å². The zero-order valence-corrected chi connectivity index (χ0v) is 12.9. The minimum absolute atomic E-state index is 0.0204. The summed E-state index contributed by atoms with van der Waals surface area (Å²) >= 11 is 0. The number of aliphatic hydroxyl groups excluding tert-OH is 1. The number of fused-ring (bicyclic) bond motifs is 1. The van der Waals surface area contributed by atoms with E-state index in [2.05, 4.69) is 10.5 Å². The van der Waals surface area contributed by atoms with Crippen LogP contribution in [0.2, 0.25) is 0 Å². The van der Waals surface area contributed by atoms with Crippen LogP contribution in [0.25, 0.3) is 11.0 Å². The Labute approximate surface area is 136 Å². The first-order valence-corrected chi connectivity index (χ1v) is 8.10. The number of nitrogens with zero attached hydrogens (tertiary/aromatic N) is 1. The van der Waals surface area contributed by atoms with Gasteiger partial charge in [0.25, 0.3) is 0 Å². The molecule has 130 valence electrons. The average molecular weight is 340 g/mol. The molecule has 2 N–H and O–H groups in total. The molecule has 2 aliphatic rings. The fourth-order valence-corrected chi connectivity index (χ4v) is 3.30. The van der Waals surface area contributed by atoms with Crippen LogP contribution in [-0.2, 0) is 9.47 Å². The van der Waals surface area contributed by atoms with Crippen LogP contribution in [0.1, 0.15) is 37.5 Å². The number of hydrogen-bond donors (Lipinski definition) is 2. The Balaban J connectivity index is 1.71. The van der Waals surface area contributed by atoms with Gasteiger partial charge >= 0.3 is 0 Å². The van der Waals surface area contributed by atoms with E-state index in [1.54, 1.807) is 0 Å². The molecule has 2 heterocycles. The Hall–Kier alpha value is -1.77. The molecule has 8 heteroatoms. The molecule has 0 radical (unpaired) electrons. The van der Waals surface area contributed by atoms with E-state index in [4.69, 9.17) is 14.0 Å². The number of nitrogens with one attached hydrogen (secondary N) is 1. The van der Waals surface area contributed by atoms with Gasteiger partial charge in [-0.15, -0.1) is 0 Å². The first kappa shape index (κ1) is 15.7. The van der Waals surface area contributed by atoms with Crippen LogP contribution in [0, 0.1) is 11.6 Å². The highest BCUT2D eigenvalue weighted by molar-refractivity contribution is 5.89. The average Bonchev–Trinajstić information content (AvgIpc) is 3.23. The maximum Gasteiger partial charge on any atom is 0.207 e. The molecule has 0 spiro atoms. The maximum absolute atomic E-state index is 14.3. The predicted octanol–water partition coefficient (Wildman–Crippen LogP) is 2.87. The highest BCUT2D eigenvalue weighted by Gasteiger charge is 2.30. The number of anilines is 1. The third-order valence-corrected chi connectivity index (χ3v) is 4.60. The fraction of sp³-hybridized carbons (Fsp3) is 0.562. The van der Waals surface area contributed by atoms with E-state index in [0.29, 0.717) is 25.0 Å². The van der Waals surface area contributed by atoms with Gasteiger partial charge in [0.15, 0.2) is 17.9 Å². The Morgan fingerprint density at radius 1 is 1.12 bits per heavy atom. The first-order chi connectivity index (χ1) is 11.6. The molecule has 1 saturated carbocycles. The number of aliphatic hydroxyl groups is 1. The molecule has 2 fully saturated rings. The van der Waals surface area contributed by atoms with Gasteiger partial charge in [0, 0.05) is 5.56 Å². The highest BCUT2D eigenvalue weighted by Crippen LogP contribution is 2.35. The minimum Gasteiger partial charge on any atom is -0.391 e. The molecule has 6 nitrogen and oxygen atoms in total. The first-order valence-electron chi connectivity index (χ1n) is 8.10. The van der Waals surface area contributed by atoms with Crippen molar-refractivity contribution in [3.63, 3.8) is 0 Å². The van der Waals surface area contributed by atoms with Crippen LogP contribution >= 0.6 is 0 Å². The van der Waals surface area contributed by atoms with Gasteiger partial charge in [-0.05, 0) is 18.9 Å². The molecule has 1 aromatic heterocycles. The minimum atomic E-state index is -1.12. The molecular formula is C16H18F2N2O4. The summed E-state index contributed by atoms with van der Waals surface area (Å²) in [4.78, 5) is 0. The van der Waals surface area contributed by atoms with Crippen LogP contribution in [-0.4, -0.2) is 35.6 Å². The van der Waals surface area contributed by atoms with Crippen LogP contribution in [0.4, 0.5) is 14.6 Å². The summed E-state index contributed by atoms with van der Waals surface area (Å²) in [5.41, 5.74) is -0.282. The van der Waals surface area contributed by atoms with Crippen molar-refractivity contribution in [2.45, 2.75) is 44.1 Å². The molecule has 0 bridgehead atoms. The van der Waals surface area contributed by atoms with E-state index < -0.39 is 24.0 Å². The second-order valence-corrected chi connectivity index (χ2v) is 6.18. The summed E-state index contributed by atoms with van der Waals surface area (Å²) in [7, 11) is 0. The quantitative estimate of drug-likeness (QED) is 0.895. The lowest BCUT2D eigenvalue weighted by molar-refractivity contribution is -0.0467. The standard InChI is InChI=1S/C16H18F2N2O4/c17-12-8(16-22-5-6-23-16)7-9-14(13(12)18)24-20-15(9)19-10-3-1-2-4-11(10)21/h7,10-11,16,21H,1-6H2,(H,19,20)/t10-,11-/m0/s1. The lowest BCUT2D eigenvalue weighted by Gasteiger charge is -2.28. The molecule has 2 atom stereocenters. The molecule has 0 amide bonds. The van der Waals surface area contributed by atoms with Gasteiger partial charge in [-0.2, -0.15) is 4.39 Å². The predicted molar refractivity (Wildman–Crippen MR) is 80.5 cm³/mol. The molecule has 24 heavy (non-hydrogen) atoms. The lowest BCUT2D eigenvalue weighted by Crippen LogP contribution is -2.36. The van der Waals surface area contributed by atoms with Crippen molar-refractivity contribution < 1.29 is 27.9 Å². The number of ether oxygens (including phenoxy) is 2. The van der Waals surface area contributed by atoms with Crippen LogP contribution in [0.3, 0.4) is 0 Å². The van der Waals surface area contributed by atoms with Gasteiger partial charge in [-0.1, -0.05) is 18.0 Å². The van der Waals surface area contributed by atoms with E-state index >= 15 is 0 Å². The van der Waals surface area contributed by atoms with Crippen molar-refractivity contribution in [2.75, 3.05) is 18.5 Å². The molecule has 4 rings (SSSR count). The summed E-state index contributed by atoms with van der Waals surface area (Å²) in [6.45, 7) is 0.652. The van der Waals surface area contributed by atoms with Crippen molar-refractivity contribution in [1.82, 2.24) is 5.16 Å². The molecule has 2 aromatic rings. The van der Waals surface area contributed by atoms with E-state index in [1.165, 1.54) is 6.07 Å². The summed E-state index contributed by atoms with van der Waals surface area (Å²) in [5.74, 6) is -1.89. The Kier molecular flexibility index (Phi) is 4.11. The van der Waals surface area contributed by atoms with E-state index in [0.717, 1.165) is 19.3 Å². The normalized spacial score (nSPS) is 25.5. The Morgan fingerprint density at radius 2 is 1.88 bits per heavy atom. The smallest absolute Gasteiger partial charge is 0.207 e. The fourth-order valence-electron chi connectivity index (χ4n) is 3.30. The number of halogens is 2. The van der Waals surface area contributed by atoms with Gasteiger partial charge in [0.05, 0.1) is 30.7 Å². The van der Waals surface area contributed by atoms with Crippen molar-refractivity contribution in [1.29, 1.82) is 0 Å². The van der Waals surface area contributed by atoms with Crippen molar-refractivity contribution >= 4 is 16.8 Å². The van der Waals surface area contributed by atoms with Gasteiger partial charge in [0.2, 0.25) is 11.4 Å². The number of hydrogen-bond acceptors (Lipinski definition) is 6. The Bertz CT molecular complexity index is 745. The third-order valence-electron chi connectivity index (χ3n) is 4.60. The summed E-state index contributed by atoms with van der Waals surface area (Å²) < 4.78 is 44.0. The summed E-state index contributed by atoms with van der Waals surface area (Å²) in [6, 6.07) is 1.24. The van der Waals surface area contributed by atoms with Crippen LogP contribution in [0.5, 0.6) is 0 Å². The largest absolute Gasteiger partial charge is 0.391 e. The second kappa shape index (κ2) is 6.27. The van der Waals surface area contributed by atoms with E-state index in [1.807, 2.05) is 0 Å². The molecule has 1 aliphatic heterocycles. The van der Waals surface area contributed by atoms with Crippen molar-refractivity contribution in [3.8, 4) is 0 Å². The molecule has 1 aliphatic carbocycles. The summed E-state index contributed by atoms with van der Waals surface area (Å²) in [5, 5.41) is 17.3. The molecule has 0 unspecified atom stereocenters. The van der Waals surface area contributed by atoms with Crippen LogP contribution < -0.4 is 5.32 Å². The number of aromatic nitrogens is 1. The molecular weight excluding hydrogens is 322 g/mol. The third kappa shape index (κ3) is 2.64. The van der Waals surface area contributed by atoms with E-state index in [9.17, 15) is 13.9 Å². The number of rotatable bonds is 3. The van der Waals surface area contributed by atoms with Gasteiger partial charge in [0.1, 0.15) is 0 Å². The lowest BCUT2D eigenvalue weighted by atomic mass is 9.92. The monoisotopic (exact) mass is 340 g/mol. The van der Waals surface area contributed by atoms with Gasteiger partial charge in [-0.25, -0.2) is 4.39 Å². The SMILES string of the molecule is O[C@H]1CCCC[C@@H]1Nc1noc2c(F)c(F)c(C3OCCO3)cc12. The van der Waals surface area contributed by atoms with Crippen molar-refractivity contribution in [3.05, 3.63) is 23.3 Å². The highest BCUT2D eigenvalue weighted by atomic mass is 19.2. The second-order valence-electron chi connectivity index (χ2n) is 6.18. The van der Waals surface area contributed by atoms with Gasteiger partial charge in [-0.3, -0.25) is 0 Å². The molecule has 1 aromatic carbocycles. The zero-order valence-electron chi connectivity index (χ0n) is 12.9. The zero-order chi connectivity index (χ0) is 16.7.